The number of H-pyrrole nitrogens is 1. The molecule has 1 aromatic carbocycles. The third kappa shape index (κ3) is 2.43. The number of carbonyl (C=O) groups is 1. The van der Waals surface area contributed by atoms with Crippen molar-refractivity contribution < 1.29 is 9.90 Å². The number of hydrogen-bond acceptors (Lipinski definition) is 3. The molecule has 2 heterocycles. The van der Waals surface area contributed by atoms with E-state index in [1.54, 1.807) is 11.3 Å². The summed E-state index contributed by atoms with van der Waals surface area (Å²) in [6.07, 6.45) is 0. The van der Waals surface area contributed by atoms with Gasteiger partial charge in [0.05, 0.1) is 15.1 Å². The Morgan fingerprint density at radius 1 is 1.37 bits per heavy atom. The molecule has 0 atom stereocenters. The first-order valence-electron chi connectivity index (χ1n) is 5.41. The lowest BCUT2D eigenvalue weighted by molar-refractivity contribution is 0.0688. The first-order chi connectivity index (χ1) is 9.15. The van der Waals surface area contributed by atoms with Crippen LogP contribution in [0.5, 0.6) is 0 Å². The molecule has 0 aliphatic carbocycles. The van der Waals surface area contributed by atoms with Crippen LogP contribution in [0.15, 0.2) is 50.0 Å². The number of carboxylic acid groups (broad SMARTS) is 1. The number of fused-ring (bicyclic) bond motifs is 1. The second-order valence-corrected chi connectivity index (χ2v) is 6.77. The molecule has 6 heteroatoms. The van der Waals surface area contributed by atoms with Gasteiger partial charge in [0.25, 0.3) is 0 Å². The van der Waals surface area contributed by atoms with Gasteiger partial charge >= 0.3 is 5.97 Å². The Morgan fingerprint density at radius 2 is 2.21 bits per heavy atom. The Balaban J connectivity index is 2.10. The van der Waals surface area contributed by atoms with E-state index < -0.39 is 5.97 Å². The van der Waals surface area contributed by atoms with Gasteiger partial charge in [-0.2, -0.15) is 0 Å². The van der Waals surface area contributed by atoms with Gasteiger partial charge in [-0.25, -0.2) is 4.79 Å². The molecule has 0 radical (unpaired) electrons. The van der Waals surface area contributed by atoms with E-state index in [0.717, 1.165) is 24.5 Å². The second-order valence-electron chi connectivity index (χ2n) is 3.86. The van der Waals surface area contributed by atoms with Crippen molar-refractivity contribution in [3.63, 3.8) is 0 Å². The molecule has 0 spiro atoms. The van der Waals surface area contributed by atoms with E-state index in [1.165, 1.54) is 11.8 Å². The van der Waals surface area contributed by atoms with E-state index in [0.29, 0.717) is 0 Å². The van der Waals surface area contributed by atoms with Crippen molar-refractivity contribution in [1.82, 2.24) is 4.98 Å². The third-order valence-electron chi connectivity index (χ3n) is 2.59. The highest BCUT2D eigenvalue weighted by Crippen LogP contribution is 2.39. The summed E-state index contributed by atoms with van der Waals surface area (Å²) in [5.74, 6) is -0.930. The van der Waals surface area contributed by atoms with Crippen LogP contribution >= 0.6 is 39.0 Å². The van der Waals surface area contributed by atoms with Crippen molar-refractivity contribution in [2.75, 3.05) is 0 Å². The summed E-state index contributed by atoms with van der Waals surface area (Å²) in [6, 6.07) is 9.72. The predicted molar refractivity (Wildman–Crippen MR) is 81.4 cm³/mol. The van der Waals surface area contributed by atoms with Crippen LogP contribution in [0.4, 0.5) is 0 Å². The lowest BCUT2D eigenvalue weighted by atomic mass is 10.4. The highest BCUT2D eigenvalue weighted by atomic mass is 79.9. The van der Waals surface area contributed by atoms with Crippen molar-refractivity contribution in [2.45, 2.75) is 9.79 Å². The zero-order valence-corrected chi connectivity index (χ0v) is 12.7. The number of carboxylic acids is 1. The predicted octanol–water partition coefficient (Wildman–Crippen LogP) is 4.84. The summed E-state index contributed by atoms with van der Waals surface area (Å²) < 4.78 is 1.97. The summed E-state index contributed by atoms with van der Waals surface area (Å²) in [7, 11) is 0. The maximum Gasteiger partial charge on any atom is 0.353 e. The van der Waals surface area contributed by atoms with Gasteiger partial charge in [0, 0.05) is 9.37 Å². The SMILES string of the molecule is O=C(O)c1[nH]c2ccsc2c1Sc1cccc(Br)c1. The van der Waals surface area contributed by atoms with Crippen molar-refractivity contribution in [3.05, 3.63) is 45.9 Å². The number of hydrogen-bond donors (Lipinski definition) is 2. The van der Waals surface area contributed by atoms with E-state index >= 15 is 0 Å². The summed E-state index contributed by atoms with van der Waals surface area (Å²) in [5, 5.41) is 11.2. The molecule has 19 heavy (non-hydrogen) atoms. The van der Waals surface area contributed by atoms with Crippen LogP contribution in [0.25, 0.3) is 10.2 Å². The Bertz CT molecular complexity index is 763. The first-order valence-corrected chi connectivity index (χ1v) is 7.90. The minimum atomic E-state index is -0.930. The van der Waals surface area contributed by atoms with Gasteiger partial charge in [-0.15, -0.1) is 11.3 Å². The number of aromatic nitrogens is 1. The fourth-order valence-electron chi connectivity index (χ4n) is 1.78. The van der Waals surface area contributed by atoms with Crippen molar-refractivity contribution >= 4 is 55.2 Å². The van der Waals surface area contributed by atoms with Gasteiger partial charge < -0.3 is 10.1 Å². The maximum atomic E-state index is 11.3. The minimum Gasteiger partial charge on any atom is -0.477 e. The zero-order chi connectivity index (χ0) is 13.4. The van der Waals surface area contributed by atoms with Gasteiger partial charge in [-0.1, -0.05) is 33.8 Å². The molecule has 0 saturated heterocycles. The Kier molecular flexibility index (Phi) is 3.38. The van der Waals surface area contributed by atoms with Crippen LogP contribution in [-0.2, 0) is 0 Å². The first kappa shape index (κ1) is 12.8. The van der Waals surface area contributed by atoms with Crippen LogP contribution in [0.1, 0.15) is 10.5 Å². The number of nitrogens with one attached hydrogen (secondary N) is 1. The number of aromatic amines is 1. The molecule has 0 fully saturated rings. The number of rotatable bonds is 3. The average Bonchev–Trinajstić information content (AvgIpc) is 2.92. The standard InChI is InChI=1S/C13H8BrNO2S2/c14-7-2-1-3-8(6-7)19-12-10(13(16)17)15-9-4-5-18-11(9)12/h1-6,15H,(H,16,17). The average molecular weight is 354 g/mol. The van der Waals surface area contributed by atoms with E-state index in [4.69, 9.17) is 0 Å². The number of thiophene rings is 1. The van der Waals surface area contributed by atoms with Crippen molar-refractivity contribution in [2.24, 2.45) is 0 Å². The van der Waals surface area contributed by atoms with Gasteiger partial charge in [-0.3, -0.25) is 0 Å². The van der Waals surface area contributed by atoms with Crippen LogP contribution in [0.3, 0.4) is 0 Å². The molecule has 3 rings (SSSR count). The lowest BCUT2D eigenvalue weighted by Crippen LogP contribution is -1.97. The molecule has 96 valence electrons. The van der Waals surface area contributed by atoms with Crippen LogP contribution in [0, 0.1) is 0 Å². The molecule has 0 bridgehead atoms. The Hall–Kier alpha value is -1.24. The molecule has 0 aliphatic rings. The molecule has 0 saturated carbocycles. The summed E-state index contributed by atoms with van der Waals surface area (Å²) in [6.45, 7) is 0. The van der Waals surface area contributed by atoms with Crippen LogP contribution in [-0.4, -0.2) is 16.1 Å². The largest absolute Gasteiger partial charge is 0.477 e. The smallest absolute Gasteiger partial charge is 0.353 e. The van der Waals surface area contributed by atoms with Gasteiger partial charge in [0.15, 0.2) is 0 Å². The lowest BCUT2D eigenvalue weighted by Gasteiger charge is -2.02. The topological polar surface area (TPSA) is 53.1 Å². The molecule has 0 unspecified atom stereocenters. The number of benzene rings is 1. The fourth-order valence-corrected chi connectivity index (χ4v) is 4.41. The molecule has 2 aromatic heterocycles. The second kappa shape index (κ2) is 5.03. The monoisotopic (exact) mass is 353 g/mol. The van der Waals surface area contributed by atoms with E-state index in [-0.39, 0.29) is 5.69 Å². The van der Waals surface area contributed by atoms with E-state index in [9.17, 15) is 9.90 Å². The number of halogens is 1. The van der Waals surface area contributed by atoms with Gasteiger partial charge in [0.1, 0.15) is 5.69 Å². The molecule has 3 nitrogen and oxygen atoms in total. The molecule has 0 aliphatic heterocycles. The number of aromatic carboxylic acids is 1. The third-order valence-corrected chi connectivity index (χ3v) is 5.24. The van der Waals surface area contributed by atoms with Crippen molar-refractivity contribution in [1.29, 1.82) is 0 Å². The van der Waals surface area contributed by atoms with E-state index in [1.807, 2.05) is 35.7 Å². The van der Waals surface area contributed by atoms with Crippen LogP contribution in [0.2, 0.25) is 0 Å². The summed E-state index contributed by atoms with van der Waals surface area (Å²) in [4.78, 5) is 16.0. The van der Waals surface area contributed by atoms with Crippen LogP contribution < -0.4 is 0 Å². The summed E-state index contributed by atoms with van der Waals surface area (Å²) >= 11 is 6.44. The van der Waals surface area contributed by atoms with Gasteiger partial charge in [0.2, 0.25) is 0 Å². The minimum absolute atomic E-state index is 0.256. The Morgan fingerprint density at radius 3 is 2.95 bits per heavy atom. The van der Waals surface area contributed by atoms with Crippen molar-refractivity contribution in [3.8, 4) is 0 Å². The Labute approximate surface area is 125 Å². The zero-order valence-electron chi connectivity index (χ0n) is 9.51. The highest BCUT2D eigenvalue weighted by Gasteiger charge is 2.19. The molecule has 2 N–H and O–H groups in total. The fraction of sp³-hybridized carbons (Fsp3) is 0. The highest BCUT2D eigenvalue weighted by molar-refractivity contribution is 9.10. The van der Waals surface area contributed by atoms with Gasteiger partial charge in [-0.05, 0) is 29.6 Å². The molecular formula is C13H8BrNO2S2. The summed E-state index contributed by atoms with van der Waals surface area (Å²) in [5.41, 5.74) is 1.13. The molecular weight excluding hydrogens is 346 g/mol. The maximum absolute atomic E-state index is 11.3. The van der Waals surface area contributed by atoms with E-state index in [2.05, 4.69) is 20.9 Å². The normalized spacial score (nSPS) is 11.0. The molecule has 0 amide bonds. The quantitative estimate of drug-likeness (QED) is 0.708. The molecule has 3 aromatic rings.